The van der Waals surface area contributed by atoms with Crippen LogP contribution in [0.25, 0.3) is 0 Å². The number of hydrogen-bond donors (Lipinski definition) is 2. The Hall–Kier alpha value is -1.59. The standard InChI is InChI=1S/C17H26N2O3/c1-17(2,3)16(18)11-5-6-14-12(9-11)13(7-8-22-14)19-15(20)10-21-4/h5-6,9,13,16H,7-8,10,18H2,1-4H3,(H,19,20). The number of ether oxygens (including phenoxy) is 2. The van der Waals surface area contributed by atoms with Crippen LogP contribution in [0.4, 0.5) is 0 Å². The molecule has 0 aromatic heterocycles. The predicted molar refractivity (Wildman–Crippen MR) is 85.7 cm³/mol. The number of methoxy groups -OCH3 is 1. The molecule has 0 radical (unpaired) electrons. The van der Waals surface area contributed by atoms with E-state index in [0.717, 1.165) is 23.3 Å². The van der Waals surface area contributed by atoms with Gasteiger partial charge in [0.25, 0.3) is 0 Å². The number of fused-ring (bicyclic) bond motifs is 1. The van der Waals surface area contributed by atoms with Crippen LogP contribution < -0.4 is 15.8 Å². The number of rotatable bonds is 4. The first-order valence-corrected chi connectivity index (χ1v) is 7.63. The highest BCUT2D eigenvalue weighted by Crippen LogP contribution is 2.37. The van der Waals surface area contributed by atoms with Gasteiger partial charge in [0.05, 0.1) is 12.6 Å². The Morgan fingerprint density at radius 3 is 2.86 bits per heavy atom. The molecule has 3 N–H and O–H groups in total. The van der Waals surface area contributed by atoms with Gasteiger partial charge in [0.15, 0.2) is 0 Å². The molecule has 22 heavy (non-hydrogen) atoms. The minimum Gasteiger partial charge on any atom is -0.493 e. The number of nitrogens with one attached hydrogen (secondary N) is 1. The van der Waals surface area contributed by atoms with Gasteiger partial charge >= 0.3 is 0 Å². The molecule has 2 atom stereocenters. The van der Waals surface area contributed by atoms with Crippen LogP contribution in [0.5, 0.6) is 5.75 Å². The van der Waals surface area contributed by atoms with Crippen molar-refractivity contribution in [2.45, 2.75) is 39.3 Å². The molecular formula is C17H26N2O3. The SMILES string of the molecule is COCC(=O)NC1CCOc2ccc(C(N)C(C)(C)C)cc21. The van der Waals surface area contributed by atoms with Gasteiger partial charge in [0.2, 0.25) is 5.91 Å². The summed E-state index contributed by atoms with van der Waals surface area (Å²) in [6.07, 6.45) is 0.747. The first-order valence-electron chi connectivity index (χ1n) is 7.63. The largest absolute Gasteiger partial charge is 0.493 e. The van der Waals surface area contributed by atoms with Crippen LogP contribution in [0.2, 0.25) is 0 Å². The van der Waals surface area contributed by atoms with Gasteiger partial charge in [-0.3, -0.25) is 4.79 Å². The molecule has 2 unspecified atom stereocenters. The molecule has 2 rings (SSSR count). The molecule has 0 aliphatic carbocycles. The van der Waals surface area contributed by atoms with Gasteiger partial charge in [-0.05, 0) is 23.1 Å². The minimum absolute atomic E-state index is 0.0292. The molecule has 0 spiro atoms. The summed E-state index contributed by atoms with van der Waals surface area (Å²) >= 11 is 0. The lowest BCUT2D eigenvalue weighted by Crippen LogP contribution is -2.34. The normalized spacial score (nSPS) is 19.0. The van der Waals surface area contributed by atoms with Gasteiger partial charge in [0, 0.05) is 25.1 Å². The summed E-state index contributed by atoms with van der Waals surface area (Å²) in [6.45, 7) is 7.01. The highest BCUT2D eigenvalue weighted by atomic mass is 16.5. The summed E-state index contributed by atoms with van der Waals surface area (Å²) < 4.78 is 10.6. The molecule has 1 aliphatic rings. The average Bonchev–Trinajstić information content (AvgIpc) is 2.45. The zero-order chi connectivity index (χ0) is 16.3. The second kappa shape index (κ2) is 6.67. The van der Waals surface area contributed by atoms with Gasteiger partial charge in [-0.25, -0.2) is 0 Å². The third-order valence-electron chi connectivity index (χ3n) is 3.98. The lowest BCUT2D eigenvalue weighted by molar-refractivity contribution is -0.125. The Morgan fingerprint density at radius 2 is 2.23 bits per heavy atom. The fraction of sp³-hybridized carbons (Fsp3) is 0.588. The molecule has 1 amide bonds. The maximum atomic E-state index is 11.8. The Bertz CT molecular complexity index is 537. The predicted octanol–water partition coefficient (Wildman–Crippen LogP) is 2.32. The van der Waals surface area contributed by atoms with E-state index in [1.165, 1.54) is 7.11 Å². The van der Waals surface area contributed by atoms with Crippen molar-refractivity contribution >= 4 is 5.91 Å². The first kappa shape index (κ1) is 16.8. The zero-order valence-corrected chi connectivity index (χ0v) is 13.8. The molecule has 0 bridgehead atoms. The summed E-state index contributed by atoms with van der Waals surface area (Å²) in [5.74, 6) is 0.699. The second-order valence-corrected chi connectivity index (χ2v) is 6.83. The summed E-state index contributed by atoms with van der Waals surface area (Å²) in [6, 6.07) is 5.88. The molecule has 0 saturated carbocycles. The number of hydrogen-bond acceptors (Lipinski definition) is 4. The second-order valence-electron chi connectivity index (χ2n) is 6.83. The van der Waals surface area contributed by atoms with Gasteiger partial charge in [-0.1, -0.05) is 26.8 Å². The van der Waals surface area contributed by atoms with Crippen molar-refractivity contribution in [3.05, 3.63) is 29.3 Å². The zero-order valence-electron chi connectivity index (χ0n) is 13.8. The fourth-order valence-corrected chi connectivity index (χ4v) is 2.62. The van der Waals surface area contributed by atoms with E-state index in [1.807, 2.05) is 12.1 Å². The fourth-order valence-electron chi connectivity index (χ4n) is 2.62. The van der Waals surface area contributed by atoms with Gasteiger partial charge < -0.3 is 20.5 Å². The Labute approximate surface area is 132 Å². The van der Waals surface area contributed by atoms with Crippen LogP contribution >= 0.6 is 0 Å². The van der Waals surface area contributed by atoms with E-state index in [9.17, 15) is 4.79 Å². The molecule has 1 aliphatic heterocycles. The summed E-state index contributed by atoms with van der Waals surface area (Å²) in [7, 11) is 1.51. The third kappa shape index (κ3) is 3.78. The topological polar surface area (TPSA) is 73.6 Å². The minimum atomic E-state index is -0.120. The van der Waals surface area contributed by atoms with Crippen molar-refractivity contribution in [2.24, 2.45) is 11.1 Å². The molecule has 1 aromatic carbocycles. The summed E-state index contributed by atoms with van der Waals surface area (Å²) in [5.41, 5.74) is 8.37. The lowest BCUT2D eigenvalue weighted by Gasteiger charge is -2.31. The van der Waals surface area contributed by atoms with Crippen LogP contribution in [-0.4, -0.2) is 26.2 Å². The van der Waals surface area contributed by atoms with Gasteiger partial charge in [-0.2, -0.15) is 0 Å². The number of carbonyl (C=O) groups is 1. The first-order chi connectivity index (χ1) is 10.3. The van der Waals surface area contributed by atoms with Crippen molar-refractivity contribution in [3.8, 4) is 5.75 Å². The van der Waals surface area contributed by atoms with Crippen LogP contribution in [0, 0.1) is 5.41 Å². The Morgan fingerprint density at radius 1 is 1.50 bits per heavy atom. The monoisotopic (exact) mass is 306 g/mol. The Balaban J connectivity index is 2.26. The van der Waals surface area contributed by atoms with E-state index in [-0.39, 0.29) is 30.0 Å². The third-order valence-corrected chi connectivity index (χ3v) is 3.98. The van der Waals surface area contributed by atoms with Crippen molar-refractivity contribution in [1.82, 2.24) is 5.32 Å². The Kier molecular flexibility index (Phi) is 5.08. The van der Waals surface area contributed by atoms with E-state index in [4.69, 9.17) is 15.2 Å². The number of benzene rings is 1. The highest BCUT2D eigenvalue weighted by Gasteiger charge is 2.27. The molecule has 0 saturated heterocycles. The summed E-state index contributed by atoms with van der Waals surface area (Å²) in [4.78, 5) is 11.8. The van der Waals surface area contributed by atoms with Gasteiger partial charge in [0.1, 0.15) is 12.4 Å². The van der Waals surface area contributed by atoms with Crippen molar-refractivity contribution in [3.63, 3.8) is 0 Å². The molecule has 122 valence electrons. The number of nitrogens with two attached hydrogens (primary N) is 1. The van der Waals surface area contributed by atoms with Crippen LogP contribution in [-0.2, 0) is 9.53 Å². The molecule has 5 nitrogen and oxygen atoms in total. The van der Waals surface area contributed by atoms with Crippen LogP contribution in [0.1, 0.15) is 50.4 Å². The molecule has 1 heterocycles. The number of carbonyl (C=O) groups excluding carboxylic acids is 1. The highest BCUT2D eigenvalue weighted by molar-refractivity contribution is 5.77. The van der Waals surface area contributed by atoms with Crippen LogP contribution in [0.3, 0.4) is 0 Å². The molecule has 1 aromatic rings. The molecule has 0 fully saturated rings. The van der Waals surface area contributed by atoms with E-state index < -0.39 is 0 Å². The maximum Gasteiger partial charge on any atom is 0.246 e. The van der Waals surface area contributed by atoms with Crippen molar-refractivity contribution in [2.75, 3.05) is 20.3 Å². The quantitative estimate of drug-likeness (QED) is 0.895. The van der Waals surface area contributed by atoms with Crippen LogP contribution in [0.15, 0.2) is 18.2 Å². The maximum absolute atomic E-state index is 11.8. The lowest BCUT2D eigenvalue weighted by atomic mass is 9.82. The number of amides is 1. The van der Waals surface area contributed by atoms with Crippen molar-refractivity contribution < 1.29 is 14.3 Å². The van der Waals surface area contributed by atoms with E-state index >= 15 is 0 Å². The van der Waals surface area contributed by atoms with E-state index in [2.05, 4.69) is 32.2 Å². The van der Waals surface area contributed by atoms with E-state index in [0.29, 0.717) is 6.61 Å². The van der Waals surface area contributed by atoms with E-state index in [1.54, 1.807) is 0 Å². The smallest absolute Gasteiger partial charge is 0.246 e. The van der Waals surface area contributed by atoms with Crippen molar-refractivity contribution in [1.29, 1.82) is 0 Å². The summed E-state index contributed by atoms with van der Waals surface area (Å²) in [5, 5.41) is 3.00. The molecule has 5 heteroatoms. The molecular weight excluding hydrogens is 280 g/mol. The average molecular weight is 306 g/mol. The van der Waals surface area contributed by atoms with Gasteiger partial charge in [-0.15, -0.1) is 0 Å².